The molecule has 0 saturated heterocycles. The summed E-state index contributed by atoms with van der Waals surface area (Å²) in [5.41, 5.74) is 1.05. The Balaban J connectivity index is 2.80. The number of nitrogens with zero attached hydrogens (tertiary/aromatic N) is 1. The van der Waals surface area contributed by atoms with Crippen molar-refractivity contribution in [3.63, 3.8) is 0 Å². The number of rotatable bonds is 4. The zero-order chi connectivity index (χ0) is 20.5. The van der Waals surface area contributed by atoms with Crippen LogP contribution in [0.15, 0.2) is 40.7 Å². The molecule has 1 N–H and O–H groups in total. The van der Waals surface area contributed by atoms with Gasteiger partial charge in [-0.15, -0.1) is 0 Å². The molecule has 0 radical (unpaired) electrons. The van der Waals surface area contributed by atoms with Crippen LogP contribution in [-0.2, 0) is 19.1 Å². The molecule has 1 unspecified atom stereocenters. The fourth-order valence-corrected chi connectivity index (χ4v) is 3.43. The molecule has 27 heavy (non-hydrogen) atoms. The summed E-state index contributed by atoms with van der Waals surface area (Å²) in [6.45, 7) is 6.51. The molecule has 0 amide bonds. The van der Waals surface area contributed by atoms with Gasteiger partial charge in [0.05, 0.1) is 51.7 Å². The Hall–Kier alpha value is -2.02. The van der Waals surface area contributed by atoms with Gasteiger partial charge in [-0.3, -0.25) is 5.21 Å². The topological polar surface area (TPSA) is 76.1 Å². The van der Waals surface area contributed by atoms with Gasteiger partial charge in [-0.1, -0.05) is 35.3 Å². The van der Waals surface area contributed by atoms with Crippen LogP contribution in [0.3, 0.4) is 0 Å². The van der Waals surface area contributed by atoms with Gasteiger partial charge in [0.25, 0.3) is 0 Å². The summed E-state index contributed by atoms with van der Waals surface area (Å²) in [6, 6.07) is 4.93. The molecule has 1 aromatic rings. The second kappa shape index (κ2) is 8.33. The summed E-state index contributed by atoms with van der Waals surface area (Å²) in [5.74, 6) is -2.27. The molecule has 1 heterocycles. The minimum atomic E-state index is -0.904. The highest BCUT2D eigenvalue weighted by molar-refractivity contribution is 6.42. The number of carbonyl (C=O) groups is 2. The number of hydroxylamine groups is 2. The van der Waals surface area contributed by atoms with Crippen LogP contribution in [-0.4, -0.2) is 35.4 Å². The van der Waals surface area contributed by atoms with Crippen LogP contribution in [0.5, 0.6) is 0 Å². The second-order valence-corrected chi connectivity index (χ2v) is 7.12. The van der Waals surface area contributed by atoms with Crippen molar-refractivity contribution in [2.24, 2.45) is 0 Å². The maximum Gasteiger partial charge on any atom is 0.337 e. The third-order valence-electron chi connectivity index (χ3n) is 4.25. The predicted molar refractivity (Wildman–Crippen MR) is 101 cm³/mol. The molecular weight excluding hydrogens is 393 g/mol. The lowest BCUT2D eigenvalue weighted by molar-refractivity contribution is -0.144. The van der Waals surface area contributed by atoms with E-state index in [4.69, 9.17) is 32.7 Å². The SMILES string of the molecule is COC(=O)C1=C(C)N(O)C(C)=C(C(=O)OC(C)C)C1c1cccc(Cl)c1Cl. The van der Waals surface area contributed by atoms with Gasteiger partial charge in [0.15, 0.2) is 0 Å². The van der Waals surface area contributed by atoms with Gasteiger partial charge in [-0.2, -0.15) is 0 Å². The van der Waals surface area contributed by atoms with Gasteiger partial charge in [-0.25, -0.2) is 14.7 Å². The third-order valence-corrected chi connectivity index (χ3v) is 5.09. The normalized spacial score (nSPS) is 17.5. The van der Waals surface area contributed by atoms with Crippen molar-refractivity contribution in [1.82, 2.24) is 5.06 Å². The number of methoxy groups -OCH3 is 1. The largest absolute Gasteiger partial charge is 0.466 e. The highest BCUT2D eigenvalue weighted by Gasteiger charge is 2.41. The van der Waals surface area contributed by atoms with Crippen LogP contribution in [0.4, 0.5) is 0 Å². The summed E-state index contributed by atoms with van der Waals surface area (Å²) < 4.78 is 10.2. The van der Waals surface area contributed by atoms with Crippen molar-refractivity contribution in [2.45, 2.75) is 39.7 Å². The minimum absolute atomic E-state index is 0.0745. The van der Waals surface area contributed by atoms with Crippen molar-refractivity contribution < 1.29 is 24.3 Å². The van der Waals surface area contributed by atoms with Gasteiger partial charge in [0, 0.05) is 0 Å². The number of halogens is 2. The van der Waals surface area contributed by atoms with E-state index >= 15 is 0 Å². The van der Waals surface area contributed by atoms with Gasteiger partial charge in [-0.05, 0) is 39.3 Å². The Labute approximate surface area is 167 Å². The number of esters is 2. The molecule has 0 saturated carbocycles. The van der Waals surface area contributed by atoms with Gasteiger partial charge in [0.1, 0.15) is 0 Å². The van der Waals surface area contributed by atoms with Gasteiger partial charge < -0.3 is 9.47 Å². The van der Waals surface area contributed by atoms with Crippen molar-refractivity contribution in [1.29, 1.82) is 0 Å². The van der Waals surface area contributed by atoms with Crippen LogP contribution in [0, 0.1) is 0 Å². The smallest absolute Gasteiger partial charge is 0.337 e. The molecule has 146 valence electrons. The molecule has 0 bridgehead atoms. The standard InChI is InChI=1S/C19H21Cl2NO5/c1-9(2)27-19(24)15-11(4)22(25)10(3)14(18(23)26-5)16(15)12-7-6-8-13(20)17(12)21/h6-9,16,25H,1-5H3. The predicted octanol–water partition coefficient (Wildman–Crippen LogP) is 4.45. The van der Waals surface area contributed by atoms with Crippen LogP contribution in [0.1, 0.15) is 39.2 Å². The first-order valence-corrected chi connectivity index (χ1v) is 9.01. The minimum Gasteiger partial charge on any atom is -0.466 e. The molecule has 8 heteroatoms. The lowest BCUT2D eigenvalue weighted by Crippen LogP contribution is -2.34. The van der Waals surface area contributed by atoms with E-state index in [1.807, 2.05) is 0 Å². The summed E-state index contributed by atoms with van der Waals surface area (Å²) >= 11 is 12.5. The number of benzene rings is 1. The van der Waals surface area contributed by atoms with Crippen LogP contribution < -0.4 is 0 Å². The van der Waals surface area contributed by atoms with Gasteiger partial charge in [0.2, 0.25) is 0 Å². The average molecular weight is 414 g/mol. The van der Waals surface area contributed by atoms with Crippen LogP contribution in [0.2, 0.25) is 10.0 Å². The Morgan fingerprint density at radius 1 is 1.11 bits per heavy atom. The molecule has 1 aliphatic heterocycles. The summed E-state index contributed by atoms with van der Waals surface area (Å²) in [6.07, 6.45) is -0.394. The van der Waals surface area contributed by atoms with E-state index in [1.165, 1.54) is 7.11 Å². The van der Waals surface area contributed by atoms with E-state index in [9.17, 15) is 14.8 Å². The fourth-order valence-electron chi connectivity index (χ4n) is 3.01. The monoisotopic (exact) mass is 413 g/mol. The molecule has 2 rings (SSSR count). The molecule has 6 nitrogen and oxygen atoms in total. The lowest BCUT2D eigenvalue weighted by Gasteiger charge is -2.34. The highest BCUT2D eigenvalue weighted by atomic mass is 35.5. The molecular formula is C19H21Cl2NO5. The summed E-state index contributed by atoms with van der Waals surface area (Å²) in [5, 5.41) is 11.7. The first-order chi connectivity index (χ1) is 12.6. The third kappa shape index (κ3) is 3.98. The molecule has 1 aromatic carbocycles. The maximum absolute atomic E-state index is 12.8. The number of carbonyl (C=O) groups excluding carboxylic acids is 2. The molecule has 0 aromatic heterocycles. The number of hydrogen-bond donors (Lipinski definition) is 1. The van der Waals surface area contributed by atoms with Gasteiger partial charge >= 0.3 is 11.9 Å². The van der Waals surface area contributed by atoms with E-state index in [1.54, 1.807) is 45.9 Å². The van der Waals surface area contributed by atoms with E-state index in [0.29, 0.717) is 5.56 Å². The maximum atomic E-state index is 12.8. The quantitative estimate of drug-likeness (QED) is 0.734. The van der Waals surface area contributed by atoms with E-state index < -0.39 is 24.0 Å². The zero-order valence-corrected chi connectivity index (χ0v) is 17.2. The Morgan fingerprint density at radius 2 is 1.67 bits per heavy atom. The van der Waals surface area contributed by atoms with E-state index in [-0.39, 0.29) is 32.6 Å². The summed E-state index contributed by atoms with van der Waals surface area (Å²) in [7, 11) is 1.22. The van der Waals surface area contributed by atoms with E-state index in [2.05, 4.69) is 0 Å². The number of allylic oxidation sites excluding steroid dienone is 2. The average Bonchev–Trinajstić information content (AvgIpc) is 2.60. The second-order valence-electron chi connectivity index (χ2n) is 6.33. The first kappa shape index (κ1) is 21.3. The Bertz CT molecular complexity index is 845. The van der Waals surface area contributed by atoms with Crippen LogP contribution in [0.25, 0.3) is 0 Å². The first-order valence-electron chi connectivity index (χ1n) is 8.25. The zero-order valence-electron chi connectivity index (χ0n) is 15.7. The molecule has 0 spiro atoms. The van der Waals surface area contributed by atoms with Crippen molar-refractivity contribution >= 4 is 35.1 Å². The number of ether oxygens (including phenoxy) is 2. The Morgan fingerprint density at radius 3 is 2.19 bits per heavy atom. The lowest BCUT2D eigenvalue weighted by atomic mass is 9.80. The summed E-state index contributed by atoms with van der Waals surface area (Å²) in [4.78, 5) is 25.4. The molecule has 0 fully saturated rings. The number of hydrogen-bond acceptors (Lipinski definition) is 6. The Kier molecular flexibility index (Phi) is 6.57. The highest BCUT2D eigenvalue weighted by Crippen LogP contribution is 2.45. The van der Waals surface area contributed by atoms with Crippen molar-refractivity contribution in [3.05, 3.63) is 56.3 Å². The van der Waals surface area contributed by atoms with Crippen LogP contribution >= 0.6 is 23.2 Å². The fraction of sp³-hybridized carbons (Fsp3) is 0.368. The molecule has 0 aliphatic carbocycles. The van der Waals surface area contributed by atoms with Crippen molar-refractivity contribution in [2.75, 3.05) is 7.11 Å². The molecule has 1 atom stereocenters. The van der Waals surface area contributed by atoms with Crippen molar-refractivity contribution in [3.8, 4) is 0 Å². The van der Waals surface area contributed by atoms with E-state index in [0.717, 1.165) is 5.06 Å². The molecule has 1 aliphatic rings.